The predicted octanol–water partition coefficient (Wildman–Crippen LogP) is -0.133. The van der Waals surface area contributed by atoms with Gasteiger partial charge in [0.15, 0.2) is 0 Å². The zero-order valence-electron chi connectivity index (χ0n) is 12.1. The fourth-order valence-corrected chi connectivity index (χ4v) is 2.71. The van der Waals surface area contributed by atoms with Crippen LogP contribution >= 0.6 is 0 Å². The summed E-state index contributed by atoms with van der Waals surface area (Å²) in [4.78, 5) is 23.5. The Bertz CT molecular complexity index is 576. The van der Waals surface area contributed by atoms with Crippen LogP contribution in [0.4, 0.5) is 0 Å². The maximum Gasteiger partial charge on any atom is 0.330 e. The van der Waals surface area contributed by atoms with Crippen LogP contribution in [-0.2, 0) is 20.6 Å². The molecule has 0 aromatic carbocycles. The minimum Gasteiger partial charge on any atom is -0.392 e. The molecular formula is C14H23N3O3. The SMILES string of the molecule is Cn1c(CNC2CCCCCC2O)cc(=O)n(C)c1=O. The van der Waals surface area contributed by atoms with Crippen molar-refractivity contribution in [2.75, 3.05) is 0 Å². The van der Waals surface area contributed by atoms with Gasteiger partial charge in [-0.15, -0.1) is 0 Å². The summed E-state index contributed by atoms with van der Waals surface area (Å²) in [5, 5.41) is 13.3. The summed E-state index contributed by atoms with van der Waals surface area (Å²) in [5.41, 5.74) is 0.0246. The Morgan fingerprint density at radius 3 is 2.65 bits per heavy atom. The highest BCUT2D eigenvalue weighted by molar-refractivity contribution is 5.02. The quantitative estimate of drug-likeness (QED) is 0.757. The minimum absolute atomic E-state index is 0.0386. The van der Waals surface area contributed by atoms with Gasteiger partial charge in [-0.25, -0.2) is 4.79 Å². The molecule has 1 heterocycles. The lowest BCUT2D eigenvalue weighted by Crippen LogP contribution is -2.42. The molecule has 112 valence electrons. The van der Waals surface area contributed by atoms with Gasteiger partial charge in [-0.2, -0.15) is 0 Å². The van der Waals surface area contributed by atoms with Gasteiger partial charge in [-0.05, 0) is 12.8 Å². The van der Waals surface area contributed by atoms with Crippen molar-refractivity contribution < 1.29 is 5.11 Å². The van der Waals surface area contributed by atoms with Crippen molar-refractivity contribution in [1.82, 2.24) is 14.5 Å². The van der Waals surface area contributed by atoms with Crippen molar-refractivity contribution in [3.63, 3.8) is 0 Å². The Morgan fingerprint density at radius 1 is 1.20 bits per heavy atom. The van der Waals surface area contributed by atoms with Gasteiger partial charge in [0.05, 0.1) is 6.10 Å². The average molecular weight is 281 g/mol. The molecule has 0 amide bonds. The van der Waals surface area contributed by atoms with E-state index in [9.17, 15) is 14.7 Å². The van der Waals surface area contributed by atoms with Crippen molar-refractivity contribution >= 4 is 0 Å². The molecular weight excluding hydrogens is 258 g/mol. The van der Waals surface area contributed by atoms with Gasteiger partial charge in [0, 0.05) is 38.4 Å². The highest BCUT2D eigenvalue weighted by Crippen LogP contribution is 2.18. The number of nitrogens with one attached hydrogen (secondary N) is 1. The molecule has 2 rings (SSSR count). The van der Waals surface area contributed by atoms with E-state index in [2.05, 4.69) is 5.32 Å². The van der Waals surface area contributed by atoms with E-state index < -0.39 is 0 Å². The van der Waals surface area contributed by atoms with Crippen molar-refractivity contribution in [3.8, 4) is 0 Å². The number of nitrogens with zero attached hydrogens (tertiary/aromatic N) is 2. The third-order valence-electron chi connectivity index (χ3n) is 4.15. The summed E-state index contributed by atoms with van der Waals surface area (Å²) < 4.78 is 2.56. The van der Waals surface area contributed by atoms with Crippen LogP contribution in [0.15, 0.2) is 15.7 Å². The van der Waals surface area contributed by atoms with E-state index >= 15 is 0 Å². The summed E-state index contributed by atoms with van der Waals surface area (Å²) in [6.45, 7) is 0.420. The molecule has 20 heavy (non-hydrogen) atoms. The average Bonchev–Trinajstić information content (AvgIpc) is 2.64. The maximum absolute atomic E-state index is 11.8. The summed E-state index contributed by atoms with van der Waals surface area (Å²) in [6.07, 6.45) is 4.71. The van der Waals surface area contributed by atoms with E-state index in [1.54, 1.807) is 7.05 Å². The van der Waals surface area contributed by atoms with E-state index in [0.29, 0.717) is 12.2 Å². The van der Waals surface area contributed by atoms with Gasteiger partial charge in [0.25, 0.3) is 5.56 Å². The first-order valence-corrected chi connectivity index (χ1v) is 7.18. The van der Waals surface area contributed by atoms with Crippen LogP contribution in [-0.4, -0.2) is 26.4 Å². The normalized spacial score (nSPS) is 23.6. The fourth-order valence-electron chi connectivity index (χ4n) is 2.71. The molecule has 0 aliphatic heterocycles. The Kier molecular flexibility index (Phi) is 4.77. The molecule has 2 atom stereocenters. The first kappa shape index (κ1) is 15.0. The number of aliphatic hydroxyl groups is 1. The van der Waals surface area contributed by atoms with E-state index in [0.717, 1.165) is 36.7 Å². The number of hydrogen-bond donors (Lipinski definition) is 2. The summed E-state index contributed by atoms with van der Waals surface area (Å²) >= 11 is 0. The Labute approximate surface area is 118 Å². The van der Waals surface area contributed by atoms with Gasteiger partial charge < -0.3 is 10.4 Å². The minimum atomic E-state index is -0.346. The number of aromatic nitrogens is 2. The van der Waals surface area contributed by atoms with E-state index in [1.165, 1.54) is 17.7 Å². The molecule has 6 nitrogen and oxygen atoms in total. The van der Waals surface area contributed by atoms with Crippen molar-refractivity contribution in [2.45, 2.75) is 50.8 Å². The number of hydrogen-bond acceptors (Lipinski definition) is 4. The Balaban J connectivity index is 2.11. The van der Waals surface area contributed by atoms with Crippen LogP contribution in [0.3, 0.4) is 0 Å². The highest BCUT2D eigenvalue weighted by Gasteiger charge is 2.21. The first-order valence-electron chi connectivity index (χ1n) is 7.18. The van der Waals surface area contributed by atoms with Crippen molar-refractivity contribution in [1.29, 1.82) is 0 Å². The standard InChI is InChI=1S/C14H23N3O3/c1-16-10(8-13(19)17(2)14(16)20)9-15-11-6-4-3-5-7-12(11)18/h8,11-12,15,18H,3-7,9H2,1-2H3. The smallest absolute Gasteiger partial charge is 0.330 e. The van der Waals surface area contributed by atoms with E-state index in [4.69, 9.17) is 0 Å². The second kappa shape index (κ2) is 6.37. The Morgan fingerprint density at radius 2 is 1.90 bits per heavy atom. The lowest BCUT2D eigenvalue weighted by atomic mass is 10.1. The molecule has 1 aliphatic carbocycles. The van der Waals surface area contributed by atoms with Crippen molar-refractivity contribution in [2.24, 2.45) is 14.1 Å². The number of rotatable bonds is 3. The third-order valence-corrected chi connectivity index (χ3v) is 4.15. The molecule has 0 saturated heterocycles. The lowest BCUT2D eigenvalue weighted by molar-refractivity contribution is 0.119. The molecule has 1 aliphatic rings. The zero-order chi connectivity index (χ0) is 14.7. The van der Waals surface area contributed by atoms with Gasteiger partial charge in [-0.3, -0.25) is 13.9 Å². The van der Waals surface area contributed by atoms with Gasteiger partial charge in [0.1, 0.15) is 0 Å². The number of aliphatic hydroxyl groups excluding tert-OH is 1. The van der Waals surface area contributed by atoms with Gasteiger partial charge in [0.2, 0.25) is 0 Å². The van der Waals surface area contributed by atoms with Crippen LogP contribution in [0, 0.1) is 0 Å². The zero-order valence-corrected chi connectivity index (χ0v) is 12.1. The molecule has 1 aromatic heterocycles. The summed E-state index contributed by atoms with van der Waals surface area (Å²) in [5.74, 6) is 0. The molecule has 2 unspecified atom stereocenters. The van der Waals surface area contributed by atoms with Crippen molar-refractivity contribution in [3.05, 3.63) is 32.6 Å². The summed E-state index contributed by atoms with van der Waals surface area (Å²) in [7, 11) is 3.12. The molecule has 2 N–H and O–H groups in total. The monoisotopic (exact) mass is 281 g/mol. The maximum atomic E-state index is 11.8. The lowest BCUT2D eigenvalue weighted by Gasteiger charge is -2.22. The van der Waals surface area contributed by atoms with Crippen LogP contribution in [0.25, 0.3) is 0 Å². The highest BCUT2D eigenvalue weighted by atomic mass is 16.3. The molecule has 6 heteroatoms. The Hall–Kier alpha value is -1.40. The van der Waals surface area contributed by atoms with Gasteiger partial charge in [-0.1, -0.05) is 19.3 Å². The second-order valence-electron chi connectivity index (χ2n) is 5.57. The second-order valence-corrected chi connectivity index (χ2v) is 5.57. The molecule has 1 saturated carbocycles. The van der Waals surface area contributed by atoms with Crippen LogP contribution in [0.2, 0.25) is 0 Å². The van der Waals surface area contributed by atoms with Crippen LogP contribution in [0.1, 0.15) is 37.8 Å². The first-order chi connectivity index (χ1) is 9.50. The van der Waals surface area contributed by atoms with Crippen LogP contribution in [0.5, 0.6) is 0 Å². The van der Waals surface area contributed by atoms with Crippen LogP contribution < -0.4 is 16.6 Å². The molecule has 0 bridgehead atoms. The summed E-state index contributed by atoms with van der Waals surface area (Å²) in [6, 6.07) is 1.51. The topological polar surface area (TPSA) is 76.3 Å². The van der Waals surface area contributed by atoms with E-state index in [-0.39, 0.29) is 23.4 Å². The molecule has 0 spiro atoms. The van der Waals surface area contributed by atoms with Gasteiger partial charge >= 0.3 is 5.69 Å². The third kappa shape index (κ3) is 3.19. The molecule has 0 radical (unpaired) electrons. The largest absolute Gasteiger partial charge is 0.392 e. The van der Waals surface area contributed by atoms with E-state index in [1.807, 2.05) is 0 Å². The fraction of sp³-hybridized carbons (Fsp3) is 0.714. The predicted molar refractivity (Wildman–Crippen MR) is 76.6 cm³/mol. The molecule has 1 aromatic rings. The molecule has 1 fully saturated rings.